The van der Waals surface area contributed by atoms with Crippen molar-refractivity contribution in [3.63, 3.8) is 0 Å². The molecule has 0 aromatic carbocycles. The van der Waals surface area contributed by atoms with Crippen LogP contribution in [0, 0.1) is 5.92 Å². The summed E-state index contributed by atoms with van der Waals surface area (Å²) in [6.45, 7) is 8.97. The third kappa shape index (κ3) is 5.40. The Kier molecular flexibility index (Phi) is 5.97. The fraction of sp³-hybridized carbons (Fsp3) is 0.588. The van der Waals surface area contributed by atoms with Gasteiger partial charge in [-0.15, -0.1) is 0 Å². The Labute approximate surface area is 148 Å². The van der Waals surface area contributed by atoms with Gasteiger partial charge in [-0.05, 0) is 45.4 Å². The maximum atomic E-state index is 12.3. The van der Waals surface area contributed by atoms with E-state index in [4.69, 9.17) is 4.74 Å². The zero-order valence-corrected chi connectivity index (χ0v) is 15.3. The smallest absolute Gasteiger partial charge is 0.408 e. The second kappa shape index (κ2) is 7.79. The Balaban J connectivity index is 1.87. The number of alkyl carbamates (subject to hydrolysis) is 1. The van der Waals surface area contributed by atoms with Crippen LogP contribution < -0.4 is 21.5 Å². The zero-order valence-electron chi connectivity index (χ0n) is 15.3. The molecule has 8 nitrogen and oxygen atoms in total. The highest BCUT2D eigenvalue weighted by Gasteiger charge is 2.35. The molecule has 1 aliphatic rings. The van der Waals surface area contributed by atoms with E-state index in [-0.39, 0.29) is 24.0 Å². The molecular formula is C17H27N5O3. The van der Waals surface area contributed by atoms with Crippen molar-refractivity contribution >= 4 is 12.0 Å². The van der Waals surface area contributed by atoms with Gasteiger partial charge in [-0.1, -0.05) is 6.92 Å². The van der Waals surface area contributed by atoms with Crippen molar-refractivity contribution in [1.29, 1.82) is 0 Å². The summed E-state index contributed by atoms with van der Waals surface area (Å²) in [7, 11) is 0. The Morgan fingerprint density at radius 2 is 1.88 bits per heavy atom. The van der Waals surface area contributed by atoms with Crippen LogP contribution in [0.4, 0.5) is 4.79 Å². The topological polar surface area (TPSA) is 104 Å². The zero-order chi connectivity index (χ0) is 18.6. The highest BCUT2D eigenvalue weighted by molar-refractivity contribution is 5.85. The van der Waals surface area contributed by atoms with Gasteiger partial charge in [0.05, 0.1) is 12.2 Å². The minimum absolute atomic E-state index is 0.0578. The SMILES string of the molecule is CC1C(NC(=O)[C@@H](C)NC(=O)OC(C)(C)C)NNC1c1ccncc1. The molecule has 2 amide bonds. The molecule has 1 saturated heterocycles. The molecule has 0 bridgehead atoms. The molecule has 8 heteroatoms. The number of pyridine rings is 1. The number of carbonyl (C=O) groups is 2. The van der Waals surface area contributed by atoms with Gasteiger partial charge in [-0.25, -0.2) is 15.6 Å². The van der Waals surface area contributed by atoms with Gasteiger partial charge < -0.3 is 15.4 Å². The molecule has 138 valence electrons. The summed E-state index contributed by atoms with van der Waals surface area (Å²) >= 11 is 0. The minimum atomic E-state index is -0.705. The van der Waals surface area contributed by atoms with E-state index < -0.39 is 17.7 Å². The van der Waals surface area contributed by atoms with Crippen LogP contribution in [0.2, 0.25) is 0 Å². The summed E-state index contributed by atoms with van der Waals surface area (Å²) in [5, 5.41) is 5.44. The van der Waals surface area contributed by atoms with Gasteiger partial charge in [0.15, 0.2) is 0 Å². The molecule has 0 radical (unpaired) electrons. The predicted octanol–water partition coefficient (Wildman–Crippen LogP) is 1.22. The summed E-state index contributed by atoms with van der Waals surface area (Å²) < 4.78 is 5.16. The van der Waals surface area contributed by atoms with Gasteiger partial charge >= 0.3 is 6.09 Å². The minimum Gasteiger partial charge on any atom is -0.444 e. The first-order valence-electron chi connectivity index (χ1n) is 8.38. The van der Waals surface area contributed by atoms with Gasteiger partial charge in [-0.3, -0.25) is 9.78 Å². The number of carbonyl (C=O) groups excluding carboxylic acids is 2. The lowest BCUT2D eigenvalue weighted by molar-refractivity contribution is -0.123. The number of hydrogen-bond acceptors (Lipinski definition) is 6. The maximum Gasteiger partial charge on any atom is 0.408 e. The van der Waals surface area contributed by atoms with E-state index in [2.05, 4.69) is 26.5 Å². The highest BCUT2D eigenvalue weighted by Crippen LogP contribution is 2.26. The van der Waals surface area contributed by atoms with Crippen molar-refractivity contribution in [3.05, 3.63) is 30.1 Å². The van der Waals surface area contributed by atoms with E-state index >= 15 is 0 Å². The van der Waals surface area contributed by atoms with E-state index in [1.54, 1.807) is 40.1 Å². The van der Waals surface area contributed by atoms with Gasteiger partial charge in [0, 0.05) is 18.3 Å². The normalized spacial score (nSPS) is 24.4. The van der Waals surface area contributed by atoms with Crippen LogP contribution in [0.1, 0.15) is 46.2 Å². The second-order valence-corrected chi connectivity index (χ2v) is 7.26. The fourth-order valence-electron chi connectivity index (χ4n) is 2.59. The van der Waals surface area contributed by atoms with Crippen LogP contribution in [0.3, 0.4) is 0 Å². The molecule has 1 fully saturated rings. The number of nitrogens with zero attached hydrogens (tertiary/aromatic N) is 1. The number of nitrogens with one attached hydrogen (secondary N) is 4. The summed E-state index contributed by atoms with van der Waals surface area (Å²) in [6.07, 6.45) is 2.61. The Bertz CT molecular complexity index is 602. The second-order valence-electron chi connectivity index (χ2n) is 7.26. The lowest BCUT2D eigenvalue weighted by Crippen LogP contribution is -2.53. The summed E-state index contributed by atoms with van der Waals surface area (Å²) in [5.41, 5.74) is 6.75. The molecule has 1 aliphatic heterocycles. The van der Waals surface area contributed by atoms with Crippen molar-refractivity contribution in [2.24, 2.45) is 5.92 Å². The summed E-state index contributed by atoms with van der Waals surface area (Å²) in [5.74, 6) is -0.174. The van der Waals surface area contributed by atoms with Gasteiger partial charge in [-0.2, -0.15) is 0 Å². The standard InChI is InChI=1S/C17H27N5O3/c1-10-13(12-6-8-18-9-7-12)21-22-14(10)20-15(23)11(2)19-16(24)25-17(3,4)5/h6-11,13-14,21-22H,1-5H3,(H,19,24)(H,20,23)/t10?,11-,13?,14?/m1/s1. The third-order valence-electron chi connectivity index (χ3n) is 3.94. The van der Waals surface area contributed by atoms with Crippen LogP contribution >= 0.6 is 0 Å². The highest BCUT2D eigenvalue weighted by atomic mass is 16.6. The predicted molar refractivity (Wildman–Crippen MR) is 93.2 cm³/mol. The van der Waals surface area contributed by atoms with Gasteiger partial charge in [0.25, 0.3) is 0 Å². The molecule has 2 heterocycles. The fourth-order valence-corrected chi connectivity index (χ4v) is 2.59. The molecule has 4 atom stereocenters. The molecule has 4 N–H and O–H groups in total. The monoisotopic (exact) mass is 349 g/mol. The van der Waals surface area contributed by atoms with E-state index in [9.17, 15) is 9.59 Å². The summed E-state index contributed by atoms with van der Waals surface area (Å²) in [6, 6.07) is 3.23. The first-order valence-corrected chi connectivity index (χ1v) is 8.38. The number of hydrogen-bond donors (Lipinski definition) is 4. The quantitative estimate of drug-likeness (QED) is 0.652. The number of hydrazine groups is 1. The molecule has 2 rings (SSSR count). The largest absolute Gasteiger partial charge is 0.444 e. The molecular weight excluding hydrogens is 322 g/mol. The Morgan fingerprint density at radius 1 is 1.24 bits per heavy atom. The average molecular weight is 349 g/mol. The Morgan fingerprint density at radius 3 is 2.48 bits per heavy atom. The lowest BCUT2D eigenvalue weighted by atomic mass is 9.95. The molecule has 3 unspecified atom stereocenters. The van der Waals surface area contributed by atoms with E-state index in [0.717, 1.165) is 5.56 Å². The van der Waals surface area contributed by atoms with E-state index in [0.29, 0.717) is 0 Å². The third-order valence-corrected chi connectivity index (χ3v) is 3.94. The van der Waals surface area contributed by atoms with Crippen LogP contribution in [0.15, 0.2) is 24.5 Å². The molecule has 0 spiro atoms. The van der Waals surface area contributed by atoms with Crippen molar-refractivity contribution in [3.8, 4) is 0 Å². The van der Waals surface area contributed by atoms with E-state index in [1.807, 2.05) is 19.1 Å². The van der Waals surface area contributed by atoms with Crippen molar-refractivity contribution in [1.82, 2.24) is 26.5 Å². The molecule has 0 aliphatic carbocycles. The van der Waals surface area contributed by atoms with Crippen LogP contribution in [-0.2, 0) is 9.53 Å². The number of rotatable bonds is 4. The maximum absolute atomic E-state index is 12.3. The summed E-state index contributed by atoms with van der Waals surface area (Å²) in [4.78, 5) is 28.1. The van der Waals surface area contributed by atoms with Crippen molar-refractivity contribution < 1.29 is 14.3 Å². The molecule has 1 aromatic heterocycles. The first kappa shape index (κ1) is 19.1. The average Bonchev–Trinajstić information content (AvgIpc) is 2.87. The van der Waals surface area contributed by atoms with Crippen LogP contribution in [0.25, 0.3) is 0 Å². The number of ether oxygens (including phenoxy) is 1. The molecule has 25 heavy (non-hydrogen) atoms. The number of aromatic nitrogens is 1. The van der Waals surface area contributed by atoms with E-state index in [1.165, 1.54) is 0 Å². The van der Waals surface area contributed by atoms with Crippen LogP contribution in [0.5, 0.6) is 0 Å². The van der Waals surface area contributed by atoms with Crippen LogP contribution in [-0.4, -0.2) is 34.8 Å². The van der Waals surface area contributed by atoms with Gasteiger partial charge in [0.1, 0.15) is 11.6 Å². The molecule has 1 aromatic rings. The van der Waals surface area contributed by atoms with Gasteiger partial charge in [0.2, 0.25) is 5.91 Å². The van der Waals surface area contributed by atoms with Crippen molar-refractivity contribution in [2.75, 3.05) is 0 Å². The first-order chi connectivity index (χ1) is 11.7. The lowest BCUT2D eigenvalue weighted by Gasteiger charge is -2.24. The Hall–Kier alpha value is -2.19. The number of amides is 2. The van der Waals surface area contributed by atoms with Crippen molar-refractivity contribution in [2.45, 2.75) is 58.5 Å². The molecule has 0 saturated carbocycles.